The van der Waals surface area contributed by atoms with Crippen molar-refractivity contribution in [2.45, 2.75) is 31.7 Å². The van der Waals surface area contributed by atoms with E-state index in [-0.39, 0.29) is 11.8 Å². The number of rotatable bonds is 5. The highest BCUT2D eigenvalue weighted by molar-refractivity contribution is 6.04. The summed E-state index contributed by atoms with van der Waals surface area (Å²) in [5, 5.41) is 6.16. The van der Waals surface area contributed by atoms with Gasteiger partial charge in [0.05, 0.1) is 11.0 Å². The number of aromatic amines is 1. The first-order chi connectivity index (χ1) is 16.6. The molecule has 4 aromatic rings. The van der Waals surface area contributed by atoms with Gasteiger partial charge in [0.15, 0.2) is 0 Å². The number of carbonyl (C=O) groups excluding carboxylic acids is 2. The maximum absolute atomic E-state index is 12.8. The number of aromatic nitrogens is 2. The van der Waals surface area contributed by atoms with Gasteiger partial charge in [-0.3, -0.25) is 9.59 Å². The first-order valence-corrected chi connectivity index (χ1v) is 11.9. The lowest BCUT2D eigenvalue weighted by Crippen LogP contribution is -2.38. The van der Waals surface area contributed by atoms with E-state index in [1.807, 2.05) is 60.7 Å². The number of fused-ring (bicyclic) bond motifs is 3. The average Bonchev–Trinajstić information content (AvgIpc) is 3.60. The standard InChI is InChI=1S/C28H26N4O2/c33-27(19-4-2-1-3-5-19)29-22-11-8-18(9-12-22)26-30-23-13-10-21(16-25(23)31-26)28(34)32-24-15-17-6-7-20(24)14-17/h1-5,8-13,16-17,20,24H,6-7,14-15H2,(H,29,33)(H,30,31)(H,32,34). The highest BCUT2D eigenvalue weighted by atomic mass is 16.2. The molecule has 0 spiro atoms. The molecule has 6 rings (SSSR count). The molecule has 34 heavy (non-hydrogen) atoms. The molecule has 3 unspecified atom stereocenters. The molecule has 6 nitrogen and oxygen atoms in total. The summed E-state index contributed by atoms with van der Waals surface area (Å²) in [4.78, 5) is 33.2. The molecule has 0 saturated heterocycles. The van der Waals surface area contributed by atoms with Gasteiger partial charge in [-0.15, -0.1) is 0 Å². The number of carbonyl (C=O) groups is 2. The van der Waals surface area contributed by atoms with Gasteiger partial charge in [-0.1, -0.05) is 24.6 Å². The number of hydrogen-bond acceptors (Lipinski definition) is 3. The monoisotopic (exact) mass is 450 g/mol. The zero-order valence-corrected chi connectivity index (χ0v) is 18.8. The summed E-state index contributed by atoms with van der Waals surface area (Å²) >= 11 is 0. The molecule has 2 saturated carbocycles. The van der Waals surface area contributed by atoms with E-state index in [1.54, 1.807) is 12.1 Å². The van der Waals surface area contributed by atoms with Crippen molar-refractivity contribution in [2.75, 3.05) is 5.32 Å². The third-order valence-electron chi connectivity index (χ3n) is 7.25. The molecule has 1 aromatic heterocycles. The Bertz CT molecular complexity index is 1360. The summed E-state index contributed by atoms with van der Waals surface area (Å²) in [6, 6.07) is 22.6. The van der Waals surface area contributed by atoms with Crippen molar-refractivity contribution in [1.82, 2.24) is 15.3 Å². The van der Waals surface area contributed by atoms with Crippen LogP contribution in [0.4, 0.5) is 5.69 Å². The van der Waals surface area contributed by atoms with Crippen LogP contribution >= 0.6 is 0 Å². The fraction of sp³-hybridized carbons (Fsp3) is 0.250. The smallest absolute Gasteiger partial charge is 0.255 e. The molecule has 1 heterocycles. The summed E-state index contributed by atoms with van der Waals surface area (Å²) in [6.45, 7) is 0. The second-order valence-corrected chi connectivity index (χ2v) is 9.47. The van der Waals surface area contributed by atoms with Crippen LogP contribution in [-0.2, 0) is 0 Å². The van der Waals surface area contributed by atoms with Gasteiger partial charge in [0.2, 0.25) is 0 Å². The Kier molecular flexibility index (Phi) is 5.13. The molecule has 0 radical (unpaired) electrons. The minimum atomic E-state index is -0.145. The van der Waals surface area contributed by atoms with Gasteiger partial charge in [0.25, 0.3) is 11.8 Å². The molecule has 2 fully saturated rings. The van der Waals surface area contributed by atoms with Crippen molar-refractivity contribution >= 4 is 28.5 Å². The van der Waals surface area contributed by atoms with Crippen LogP contribution in [0.3, 0.4) is 0 Å². The van der Waals surface area contributed by atoms with Crippen molar-refractivity contribution < 1.29 is 9.59 Å². The number of imidazole rings is 1. The van der Waals surface area contributed by atoms with Crippen molar-refractivity contribution in [3.8, 4) is 11.4 Å². The number of anilines is 1. The van der Waals surface area contributed by atoms with Gasteiger partial charge in [0.1, 0.15) is 5.82 Å². The summed E-state index contributed by atoms with van der Waals surface area (Å²) in [6.07, 6.45) is 4.94. The van der Waals surface area contributed by atoms with E-state index in [0.29, 0.717) is 28.8 Å². The molecule has 3 atom stereocenters. The third kappa shape index (κ3) is 3.96. The lowest BCUT2D eigenvalue weighted by atomic mass is 9.95. The van der Waals surface area contributed by atoms with Crippen LogP contribution in [0.25, 0.3) is 22.4 Å². The highest BCUT2D eigenvalue weighted by Gasteiger charge is 2.40. The molecule has 0 aliphatic heterocycles. The Balaban J connectivity index is 1.16. The molecule has 170 valence electrons. The third-order valence-corrected chi connectivity index (χ3v) is 7.25. The van der Waals surface area contributed by atoms with Gasteiger partial charge in [-0.2, -0.15) is 0 Å². The second-order valence-electron chi connectivity index (χ2n) is 9.47. The first kappa shape index (κ1) is 20.7. The van der Waals surface area contributed by atoms with Crippen LogP contribution in [-0.4, -0.2) is 27.8 Å². The molecule has 2 amide bonds. The van der Waals surface area contributed by atoms with Crippen LogP contribution in [0.5, 0.6) is 0 Å². The van der Waals surface area contributed by atoms with Gasteiger partial charge < -0.3 is 15.6 Å². The zero-order valence-electron chi connectivity index (χ0n) is 18.8. The highest BCUT2D eigenvalue weighted by Crippen LogP contribution is 2.44. The minimum Gasteiger partial charge on any atom is -0.349 e. The van der Waals surface area contributed by atoms with E-state index < -0.39 is 0 Å². The van der Waals surface area contributed by atoms with E-state index in [4.69, 9.17) is 4.98 Å². The van der Waals surface area contributed by atoms with Crippen LogP contribution in [0.1, 0.15) is 46.4 Å². The van der Waals surface area contributed by atoms with Crippen molar-refractivity contribution in [3.05, 3.63) is 83.9 Å². The van der Waals surface area contributed by atoms with E-state index >= 15 is 0 Å². The van der Waals surface area contributed by atoms with Gasteiger partial charge >= 0.3 is 0 Å². The zero-order chi connectivity index (χ0) is 23.1. The number of H-pyrrole nitrogens is 1. The van der Waals surface area contributed by atoms with Crippen LogP contribution in [0, 0.1) is 11.8 Å². The Hall–Kier alpha value is -3.93. The molecular formula is C28H26N4O2. The predicted octanol–water partition coefficient (Wildman–Crippen LogP) is 5.40. The van der Waals surface area contributed by atoms with E-state index in [0.717, 1.165) is 34.8 Å². The second kappa shape index (κ2) is 8.45. The Morgan fingerprint density at radius 1 is 0.853 bits per heavy atom. The number of benzene rings is 3. The van der Waals surface area contributed by atoms with E-state index in [2.05, 4.69) is 15.6 Å². The molecular weight excluding hydrogens is 424 g/mol. The number of nitrogens with zero attached hydrogens (tertiary/aromatic N) is 1. The van der Waals surface area contributed by atoms with Crippen LogP contribution in [0.15, 0.2) is 72.8 Å². The normalized spacial score (nSPS) is 21.0. The SMILES string of the molecule is O=C(Nc1ccc(-c2nc3cc(C(=O)NC4CC5CCC4C5)ccc3[nH]2)cc1)c1ccccc1. The predicted molar refractivity (Wildman–Crippen MR) is 133 cm³/mol. The topological polar surface area (TPSA) is 86.9 Å². The molecule has 3 N–H and O–H groups in total. The average molecular weight is 451 g/mol. The lowest BCUT2D eigenvalue weighted by molar-refractivity contribution is 0.0922. The lowest BCUT2D eigenvalue weighted by Gasteiger charge is -2.22. The summed E-state index contributed by atoms with van der Waals surface area (Å²) in [5.41, 5.74) is 4.52. The van der Waals surface area contributed by atoms with Crippen molar-refractivity contribution in [2.24, 2.45) is 11.8 Å². The van der Waals surface area contributed by atoms with Gasteiger partial charge in [-0.25, -0.2) is 4.98 Å². The Labute approximate surface area is 197 Å². The molecule has 2 bridgehead atoms. The largest absolute Gasteiger partial charge is 0.349 e. The fourth-order valence-electron chi connectivity index (χ4n) is 5.46. The van der Waals surface area contributed by atoms with E-state index in [1.165, 1.54) is 19.3 Å². The number of nitrogens with one attached hydrogen (secondary N) is 3. The Morgan fingerprint density at radius 3 is 2.41 bits per heavy atom. The number of hydrogen-bond donors (Lipinski definition) is 3. The maximum Gasteiger partial charge on any atom is 0.255 e. The van der Waals surface area contributed by atoms with Crippen molar-refractivity contribution in [1.29, 1.82) is 0 Å². The van der Waals surface area contributed by atoms with Crippen molar-refractivity contribution in [3.63, 3.8) is 0 Å². The molecule has 6 heteroatoms. The quantitative estimate of drug-likeness (QED) is 0.380. The summed E-state index contributed by atoms with van der Waals surface area (Å²) in [7, 11) is 0. The molecule has 3 aromatic carbocycles. The van der Waals surface area contributed by atoms with Crippen LogP contribution < -0.4 is 10.6 Å². The van der Waals surface area contributed by atoms with Gasteiger partial charge in [0, 0.05) is 28.4 Å². The fourth-order valence-corrected chi connectivity index (χ4v) is 5.46. The van der Waals surface area contributed by atoms with Gasteiger partial charge in [-0.05, 0) is 85.7 Å². The summed E-state index contributed by atoms with van der Waals surface area (Å²) in [5.74, 6) is 2.01. The summed E-state index contributed by atoms with van der Waals surface area (Å²) < 4.78 is 0. The number of amides is 2. The molecule has 2 aliphatic carbocycles. The van der Waals surface area contributed by atoms with E-state index in [9.17, 15) is 9.59 Å². The maximum atomic E-state index is 12.8. The first-order valence-electron chi connectivity index (χ1n) is 11.9. The van der Waals surface area contributed by atoms with Crippen LogP contribution in [0.2, 0.25) is 0 Å². The molecule has 2 aliphatic rings. The Morgan fingerprint density at radius 2 is 1.68 bits per heavy atom. The minimum absolute atomic E-state index is 0.0116.